The molecular formula is C4H10BN. The van der Waals surface area contributed by atoms with Gasteiger partial charge in [0, 0.05) is 0 Å². The second-order valence-electron chi connectivity index (χ2n) is 2.12. The highest BCUT2D eigenvalue weighted by Gasteiger charge is 2.19. The third kappa shape index (κ3) is 0.452. The summed E-state index contributed by atoms with van der Waals surface area (Å²) in [7, 11) is 3.47. The predicted octanol–water partition coefficient (Wildman–Crippen LogP) is 0.0901. The lowest BCUT2D eigenvalue weighted by Crippen LogP contribution is -2.44. The minimum atomic E-state index is 0.866. The van der Waals surface area contributed by atoms with Crippen molar-refractivity contribution in [3.8, 4) is 0 Å². The quantitative estimate of drug-likeness (QED) is 0.375. The Morgan fingerprint density at radius 3 is 2.33 bits per heavy atom. The Hall–Kier alpha value is 0.0249. The number of rotatable bonds is 0. The number of nitrogens with zero attached hydrogens (tertiary/aromatic N) is 1. The molecule has 0 amide bonds. The van der Waals surface area contributed by atoms with E-state index in [1.54, 1.807) is 0 Å². The first kappa shape index (κ1) is 4.19. The molecule has 0 spiro atoms. The van der Waals surface area contributed by atoms with Gasteiger partial charge in [0.25, 0.3) is 0 Å². The number of hydrogen-bond acceptors (Lipinski definition) is 1. The maximum absolute atomic E-state index is 2.35. The van der Waals surface area contributed by atoms with Crippen LogP contribution < -0.4 is 0 Å². The van der Waals surface area contributed by atoms with Gasteiger partial charge in [-0.05, 0) is 19.4 Å². The normalized spacial score (nSPS) is 34.7. The Kier molecular flexibility index (Phi) is 0.883. The lowest BCUT2D eigenvalue weighted by Gasteiger charge is -2.33. The van der Waals surface area contributed by atoms with E-state index >= 15 is 0 Å². The second-order valence-corrected chi connectivity index (χ2v) is 2.12. The fourth-order valence-corrected chi connectivity index (χ4v) is 0.645. The molecule has 0 radical (unpaired) electrons. The van der Waals surface area contributed by atoms with Gasteiger partial charge < -0.3 is 4.81 Å². The van der Waals surface area contributed by atoms with E-state index in [2.05, 4.69) is 18.8 Å². The molecule has 1 fully saturated rings. The smallest absolute Gasteiger partial charge is 0.205 e. The molecule has 0 bridgehead atoms. The van der Waals surface area contributed by atoms with E-state index in [1.165, 1.54) is 13.7 Å². The molecule has 1 heterocycles. The zero-order valence-electron chi connectivity index (χ0n) is 4.44. The molecule has 34 valence electrons. The summed E-state index contributed by atoms with van der Waals surface area (Å²) in [6.07, 6.45) is 1.40. The molecule has 0 aromatic heterocycles. The molecule has 1 nitrogen and oxygen atoms in total. The standard InChI is InChI=1S/C4H10BN/c1-4-3-5-6(4)2/h4-5H,3H2,1-2H3/t4-/m0/s1. The molecule has 0 aromatic rings. The first-order chi connectivity index (χ1) is 2.80. The largest absolute Gasteiger partial charge is 0.346 e. The van der Waals surface area contributed by atoms with Crippen molar-refractivity contribution in [2.75, 3.05) is 7.05 Å². The summed E-state index contributed by atoms with van der Waals surface area (Å²) in [5.41, 5.74) is 0. The molecule has 1 atom stereocenters. The minimum Gasteiger partial charge on any atom is -0.346 e. The van der Waals surface area contributed by atoms with Crippen LogP contribution in [0.1, 0.15) is 6.92 Å². The fraction of sp³-hybridized carbons (Fsp3) is 1.00. The second kappa shape index (κ2) is 1.26. The maximum Gasteiger partial charge on any atom is 0.205 e. The van der Waals surface area contributed by atoms with E-state index in [0.29, 0.717) is 0 Å². The lowest BCUT2D eigenvalue weighted by molar-refractivity contribution is 0.379. The Bertz CT molecular complexity index is 47.5. The van der Waals surface area contributed by atoms with E-state index < -0.39 is 0 Å². The molecule has 0 N–H and O–H groups in total. The van der Waals surface area contributed by atoms with Gasteiger partial charge in [-0.15, -0.1) is 0 Å². The van der Waals surface area contributed by atoms with Crippen LogP contribution in [0.25, 0.3) is 0 Å². The van der Waals surface area contributed by atoms with Crippen LogP contribution in [0.4, 0.5) is 0 Å². The van der Waals surface area contributed by atoms with Crippen LogP contribution in [0.5, 0.6) is 0 Å². The summed E-state index contributed by atoms with van der Waals surface area (Å²) in [6, 6.07) is 0.866. The predicted molar refractivity (Wildman–Crippen MR) is 29.2 cm³/mol. The molecule has 1 saturated heterocycles. The summed E-state index contributed by atoms with van der Waals surface area (Å²) < 4.78 is 0. The van der Waals surface area contributed by atoms with Gasteiger partial charge in [0.05, 0.1) is 0 Å². The van der Waals surface area contributed by atoms with Gasteiger partial charge in [-0.2, -0.15) is 0 Å². The van der Waals surface area contributed by atoms with Crippen molar-refractivity contribution < 1.29 is 0 Å². The van der Waals surface area contributed by atoms with E-state index in [1.807, 2.05) is 0 Å². The molecule has 2 heteroatoms. The Morgan fingerprint density at radius 1 is 1.83 bits per heavy atom. The van der Waals surface area contributed by atoms with Gasteiger partial charge in [0.15, 0.2) is 0 Å². The SMILES string of the molecule is C[C@H]1CBN1C. The van der Waals surface area contributed by atoms with E-state index in [-0.39, 0.29) is 0 Å². The topological polar surface area (TPSA) is 3.24 Å². The Labute approximate surface area is 39.6 Å². The van der Waals surface area contributed by atoms with Gasteiger partial charge in [0.1, 0.15) is 0 Å². The lowest BCUT2D eigenvalue weighted by atomic mass is 9.71. The van der Waals surface area contributed by atoms with Crippen LogP contribution in [0.15, 0.2) is 0 Å². The third-order valence-electron chi connectivity index (χ3n) is 1.65. The zero-order valence-corrected chi connectivity index (χ0v) is 4.44. The van der Waals surface area contributed by atoms with Crippen molar-refractivity contribution >= 4 is 7.41 Å². The molecule has 0 unspecified atom stereocenters. The monoisotopic (exact) mass is 83.1 g/mol. The summed E-state index contributed by atoms with van der Waals surface area (Å²) in [5.74, 6) is 0. The average Bonchev–Trinajstić information content (AvgIpc) is 1.61. The van der Waals surface area contributed by atoms with Crippen LogP contribution >= 0.6 is 0 Å². The van der Waals surface area contributed by atoms with Crippen molar-refractivity contribution in [1.29, 1.82) is 0 Å². The Morgan fingerprint density at radius 2 is 2.33 bits per heavy atom. The minimum absolute atomic E-state index is 0.866. The fourth-order valence-electron chi connectivity index (χ4n) is 0.645. The van der Waals surface area contributed by atoms with Gasteiger partial charge in [-0.25, -0.2) is 0 Å². The summed E-state index contributed by atoms with van der Waals surface area (Å²) in [6.45, 7) is 2.25. The molecule has 0 saturated carbocycles. The van der Waals surface area contributed by atoms with Crippen molar-refractivity contribution in [2.24, 2.45) is 0 Å². The van der Waals surface area contributed by atoms with Gasteiger partial charge >= 0.3 is 0 Å². The van der Waals surface area contributed by atoms with E-state index in [9.17, 15) is 0 Å². The van der Waals surface area contributed by atoms with Crippen LogP contribution in [0.3, 0.4) is 0 Å². The first-order valence-electron chi connectivity index (χ1n) is 2.51. The maximum atomic E-state index is 2.35. The molecule has 0 aliphatic carbocycles. The molecule has 1 aliphatic rings. The first-order valence-corrected chi connectivity index (χ1v) is 2.51. The highest BCUT2D eigenvalue weighted by atomic mass is 15.1. The zero-order chi connectivity index (χ0) is 4.57. The summed E-state index contributed by atoms with van der Waals surface area (Å²) in [5, 5.41) is 0. The van der Waals surface area contributed by atoms with Crippen molar-refractivity contribution in [3.05, 3.63) is 0 Å². The average molecular weight is 82.9 g/mol. The van der Waals surface area contributed by atoms with Crippen molar-refractivity contribution in [3.63, 3.8) is 0 Å². The summed E-state index contributed by atoms with van der Waals surface area (Å²) >= 11 is 0. The van der Waals surface area contributed by atoms with Crippen molar-refractivity contribution in [1.82, 2.24) is 4.81 Å². The molecule has 6 heavy (non-hydrogen) atoms. The van der Waals surface area contributed by atoms with E-state index in [0.717, 1.165) is 6.04 Å². The van der Waals surface area contributed by atoms with Crippen LogP contribution in [0, 0.1) is 0 Å². The molecule has 1 aliphatic heterocycles. The Balaban J connectivity index is 2.20. The van der Waals surface area contributed by atoms with Crippen LogP contribution in [-0.2, 0) is 0 Å². The summed E-state index contributed by atoms with van der Waals surface area (Å²) in [4.78, 5) is 2.35. The van der Waals surface area contributed by atoms with Crippen LogP contribution in [0.2, 0.25) is 6.32 Å². The molecule has 1 rings (SSSR count). The third-order valence-corrected chi connectivity index (χ3v) is 1.65. The van der Waals surface area contributed by atoms with Gasteiger partial charge in [-0.1, -0.05) is 6.92 Å². The van der Waals surface area contributed by atoms with Gasteiger partial charge in [0.2, 0.25) is 7.41 Å². The highest BCUT2D eigenvalue weighted by molar-refractivity contribution is 6.35. The van der Waals surface area contributed by atoms with E-state index in [4.69, 9.17) is 0 Å². The highest BCUT2D eigenvalue weighted by Crippen LogP contribution is 2.10. The molecular weight excluding hydrogens is 72.9 g/mol. The van der Waals surface area contributed by atoms with Gasteiger partial charge in [-0.3, -0.25) is 0 Å². The molecule has 0 aromatic carbocycles. The van der Waals surface area contributed by atoms with Crippen LogP contribution in [-0.4, -0.2) is 25.3 Å². The van der Waals surface area contributed by atoms with Crippen molar-refractivity contribution in [2.45, 2.75) is 19.3 Å². The number of hydrogen-bond donors (Lipinski definition) is 0.